The molecule has 2 atom stereocenters. The van der Waals surface area contributed by atoms with Gasteiger partial charge in [0.05, 0.1) is 59.8 Å². The van der Waals surface area contributed by atoms with Gasteiger partial charge in [-0.15, -0.1) is 0 Å². The summed E-state index contributed by atoms with van der Waals surface area (Å²) in [5.74, 6) is 0.378. The standard InChI is InChI=1S/C36H48F3N9O3Si/c1-6-30(49)48-17-16-47(20-24(48)10-13-40)33-25-11-15-46(21-28(25)42-34(43-33)51-23-35(2)12-7-14-41-35)32-26(36(37,38)39)8-9-27-31(32)29(45-44-27)22-50-18-19-52(3,4)5/h6,8-9,24,41H,1,7,10-12,14-23H2,2-5H3,(H,44,45)/t24?,35-/m0/s1. The average Bonchev–Trinajstić information content (AvgIpc) is 3.73. The van der Waals surface area contributed by atoms with Crippen LogP contribution in [0.4, 0.5) is 24.7 Å². The fourth-order valence-electron chi connectivity index (χ4n) is 7.31. The Morgan fingerprint density at radius 2 is 2.02 bits per heavy atom. The molecule has 0 bridgehead atoms. The molecule has 2 fully saturated rings. The Morgan fingerprint density at radius 3 is 2.71 bits per heavy atom. The van der Waals surface area contributed by atoms with E-state index in [9.17, 15) is 23.2 Å². The maximum absolute atomic E-state index is 14.8. The molecule has 1 amide bonds. The number of aromatic amines is 1. The number of anilines is 2. The number of aromatic nitrogens is 4. The van der Waals surface area contributed by atoms with Gasteiger partial charge in [0.2, 0.25) is 5.91 Å². The Hall–Kier alpha value is -4.20. The first-order valence-corrected chi connectivity index (χ1v) is 21.6. The molecule has 5 heterocycles. The lowest BCUT2D eigenvalue weighted by Crippen LogP contribution is -2.55. The number of carbonyl (C=O) groups is 1. The van der Waals surface area contributed by atoms with Crippen molar-refractivity contribution in [3.8, 4) is 12.1 Å². The van der Waals surface area contributed by atoms with Gasteiger partial charge in [0, 0.05) is 57.3 Å². The van der Waals surface area contributed by atoms with Crippen LogP contribution in [0, 0.1) is 11.3 Å². The SMILES string of the molecule is C=CC(=O)N1CCN(c2nc(OC[C@]3(C)CCCN3)nc3c2CCN(c2c(C(F)(F)F)ccc4[nH]nc(COCC[Si](C)(C)C)c24)C3)CC1CC#N. The van der Waals surface area contributed by atoms with Crippen molar-refractivity contribution in [3.63, 3.8) is 0 Å². The number of piperazine rings is 1. The number of alkyl halides is 3. The minimum Gasteiger partial charge on any atom is -0.461 e. The van der Waals surface area contributed by atoms with E-state index in [1.54, 1.807) is 9.80 Å². The summed E-state index contributed by atoms with van der Waals surface area (Å²) in [6.07, 6.45) is -0.926. The molecule has 2 N–H and O–H groups in total. The van der Waals surface area contributed by atoms with Crippen LogP contribution in [0.2, 0.25) is 25.7 Å². The third kappa shape index (κ3) is 8.21. The third-order valence-corrected chi connectivity index (χ3v) is 11.9. The summed E-state index contributed by atoms with van der Waals surface area (Å²) < 4.78 is 56.5. The summed E-state index contributed by atoms with van der Waals surface area (Å²) in [4.78, 5) is 27.8. The summed E-state index contributed by atoms with van der Waals surface area (Å²) >= 11 is 0. The molecule has 2 aromatic heterocycles. The smallest absolute Gasteiger partial charge is 0.418 e. The molecule has 3 aliphatic rings. The van der Waals surface area contributed by atoms with E-state index in [1.165, 1.54) is 12.1 Å². The molecule has 3 aliphatic heterocycles. The van der Waals surface area contributed by atoms with E-state index in [0.717, 1.165) is 37.1 Å². The molecular weight excluding hydrogens is 692 g/mol. The van der Waals surface area contributed by atoms with Crippen molar-refractivity contribution in [2.45, 2.75) is 89.2 Å². The number of rotatable bonds is 12. The topological polar surface area (TPSA) is 136 Å². The van der Waals surface area contributed by atoms with Gasteiger partial charge in [0.15, 0.2) is 0 Å². The van der Waals surface area contributed by atoms with Crippen LogP contribution < -0.4 is 19.9 Å². The number of nitrogens with one attached hydrogen (secondary N) is 2. The van der Waals surface area contributed by atoms with E-state index in [4.69, 9.17) is 19.4 Å². The summed E-state index contributed by atoms with van der Waals surface area (Å²) in [6.45, 7) is 15.7. The van der Waals surface area contributed by atoms with E-state index < -0.39 is 19.8 Å². The largest absolute Gasteiger partial charge is 0.461 e. The number of ether oxygens (including phenoxy) is 2. The van der Waals surface area contributed by atoms with Gasteiger partial charge in [0.1, 0.15) is 12.4 Å². The second-order valence-corrected chi connectivity index (χ2v) is 21.0. The number of amides is 1. The normalized spacial score (nSPS) is 21.0. The highest BCUT2D eigenvalue weighted by molar-refractivity contribution is 6.76. The number of hydrogen-bond donors (Lipinski definition) is 2. The van der Waals surface area contributed by atoms with E-state index in [1.807, 2.05) is 4.90 Å². The van der Waals surface area contributed by atoms with Gasteiger partial charge in [-0.05, 0) is 57.0 Å². The van der Waals surface area contributed by atoms with Crippen LogP contribution in [0.15, 0.2) is 24.8 Å². The molecule has 280 valence electrons. The first-order valence-electron chi connectivity index (χ1n) is 17.9. The number of carbonyl (C=O) groups excluding carboxylic acids is 1. The van der Waals surface area contributed by atoms with Crippen molar-refractivity contribution in [1.29, 1.82) is 5.26 Å². The summed E-state index contributed by atoms with van der Waals surface area (Å²) in [7, 11) is -1.37. The lowest BCUT2D eigenvalue weighted by atomic mass is 9.99. The minimum atomic E-state index is -4.62. The van der Waals surface area contributed by atoms with Crippen LogP contribution in [0.1, 0.15) is 48.7 Å². The van der Waals surface area contributed by atoms with Gasteiger partial charge in [0.25, 0.3) is 0 Å². The molecule has 0 radical (unpaired) electrons. The lowest BCUT2D eigenvalue weighted by molar-refractivity contribution is -0.137. The van der Waals surface area contributed by atoms with E-state index in [-0.39, 0.29) is 55.3 Å². The van der Waals surface area contributed by atoms with E-state index in [0.29, 0.717) is 67.4 Å². The van der Waals surface area contributed by atoms with Crippen LogP contribution in [-0.2, 0) is 35.3 Å². The summed E-state index contributed by atoms with van der Waals surface area (Å²) in [5.41, 5.74) is 1.35. The summed E-state index contributed by atoms with van der Waals surface area (Å²) in [6, 6.07) is 5.41. The molecule has 2 saturated heterocycles. The van der Waals surface area contributed by atoms with Gasteiger partial charge in [-0.1, -0.05) is 26.2 Å². The van der Waals surface area contributed by atoms with Crippen LogP contribution >= 0.6 is 0 Å². The zero-order valence-electron chi connectivity index (χ0n) is 30.4. The predicted molar refractivity (Wildman–Crippen MR) is 195 cm³/mol. The van der Waals surface area contributed by atoms with Crippen molar-refractivity contribution < 1.29 is 27.4 Å². The van der Waals surface area contributed by atoms with Crippen molar-refractivity contribution in [2.24, 2.45) is 0 Å². The molecule has 3 aromatic rings. The zero-order valence-corrected chi connectivity index (χ0v) is 31.4. The van der Waals surface area contributed by atoms with Crippen LogP contribution in [-0.4, -0.2) is 96.6 Å². The molecule has 1 unspecified atom stereocenters. The molecular formula is C36H48F3N9O3Si. The number of fused-ring (bicyclic) bond motifs is 2. The highest BCUT2D eigenvalue weighted by Gasteiger charge is 2.39. The van der Waals surface area contributed by atoms with Crippen LogP contribution in [0.25, 0.3) is 10.9 Å². The second-order valence-electron chi connectivity index (χ2n) is 15.4. The number of benzene rings is 1. The number of hydrogen-bond acceptors (Lipinski definition) is 10. The molecule has 0 aliphatic carbocycles. The zero-order chi connectivity index (χ0) is 37.3. The van der Waals surface area contributed by atoms with Gasteiger partial charge in [-0.2, -0.15) is 33.5 Å². The highest BCUT2D eigenvalue weighted by Crippen LogP contribution is 2.44. The lowest BCUT2D eigenvalue weighted by Gasteiger charge is -2.42. The van der Waals surface area contributed by atoms with Crippen molar-refractivity contribution in [2.75, 3.05) is 55.7 Å². The first-order chi connectivity index (χ1) is 24.7. The minimum absolute atomic E-state index is 0.0455. The Bertz CT molecular complexity index is 1830. The Balaban J connectivity index is 1.37. The van der Waals surface area contributed by atoms with Gasteiger partial charge in [-0.25, -0.2) is 0 Å². The van der Waals surface area contributed by atoms with Gasteiger partial charge < -0.3 is 29.5 Å². The molecule has 0 spiro atoms. The first kappa shape index (κ1) is 37.6. The number of nitrogens with zero attached hydrogens (tertiary/aromatic N) is 7. The number of H-pyrrole nitrogens is 1. The van der Waals surface area contributed by atoms with Crippen LogP contribution in [0.3, 0.4) is 0 Å². The quantitative estimate of drug-likeness (QED) is 0.141. The molecule has 1 aromatic carbocycles. The summed E-state index contributed by atoms with van der Waals surface area (Å²) in [5, 5.41) is 20.8. The van der Waals surface area contributed by atoms with Gasteiger partial charge >= 0.3 is 12.2 Å². The van der Waals surface area contributed by atoms with Crippen molar-refractivity contribution in [1.82, 2.24) is 30.4 Å². The van der Waals surface area contributed by atoms with E-state index in [2.05, 4.69) is 54.7 Å². The molecule has 52 heavy (non-hydrogen) atoms. The number of halogens is 3. The van der Waals surface area contributed by atoms with Crippen molar-refractivity contribution >= 4 is 36.4 Å². The van der Waals surface area contributed by atoms with Crippen LogP contribution in [0.5, 0.6) is 6.01 Å². The van der Waals surface area contributed by atoms with Crippen molar-refractivity contribution in [3.05, 3.63) is 47.3 Å². The maximum atomic E-state index is 14.8. The maximum Gasteiger partial charge on any atom is 0.418 e. The highest BCUT2D eigenvalue weighted by atomic mass is 28.3. The fraction of sp³-hybridized carbons (Fsp3) is 0.583. The molecule has 12 nitrogen and oxygen atoms in total. The third-order valence-electron chi connectivity index (χ3n) is 10.2. The Labute approximate surface area is 303 Å². The molecule has 0 saturated carbocycles. The van der Waals surface area contributed by atoms with E-state index >= 15 is 0 Å². The Kier molecular flexibility index (Phi) is 10.9. The average molecular weight is 740 g/mol. The monoisotopic (exact) mass is 739 g/mol. The fourth-order valence-corrected chi connectivity index (χ4v) is 8.07. The Morgan fingerprint density at radius 1 is 1.21 bits per heavy atom. The molecule has 16 heteroatoms. The number of nitriles is 1. The predicted octanol–water partition coefficient (Wildman–Crippen LogP) is 5.43. The molecule has 6 rings (SSSR count). The van der Waals surface area contributed by atoms with Gasteiger partial charge in [-0.3, -0.25) is 9.89 Å². The second kappa shape index (κ2) is 15.0.